The van der Waals surface area contributed by atoms with Crippen molar-refractivity contribution in [1.82, 2.24) is 20.1 Å². The molecule has 94 valence electrons. The van der Waals surface area contributed by atoms with Crippen LogP contribution in [0.2, 0.25) is 0 Å². The van der Waals surface area contributed by atoms with Gasteiger partial charge in [-0.3, -0.25) is 0 Å². The van der Waals surface area contributed by atoms with Gasteiger partial charge in [0.2, 0.25) is 0 Å². The Morgan fingerprint density at radius 1 is 1.28 bits per heavy atom. The van der Waals surface area contributed by atoms with E-state index in [1.54, 1.807) is 0 Å². The van der Waals surface area contributed by atoms with Gasteiger partial charge in [0.1, 0.15) is 11.6 Å². The van der Waals surface area contributed by atoms with Crippen molar-refractivity contribution in [2.45, 2.75) is 25.9 Å². The van der Waals surface area contributed by atoms with Gasteiger partial charge in [0.25, 0.3) is 0 Å². The average molecular weight is 242 g/mol. The molecule has 0 aliphatic carbocycles. The van der Waals surface area contributed by atoms with Gasteiger partial charge in [-0.1, -0.05) is 30.3 Å². The Hall–Kier alpha value is -1.68. The molecule has 1 N–H and O–H groups in total. The molecule has 1 aliphatic rings. The van der Waals surface area contributed by atoms with E-state index in [1.807, 2.05) is 7.05 Å². The number of nitrogens with zero attached hydrogens (tertiary/aromatic N) is 3. The first-order chi connectivity index (χ1) is 8.86. The average Bonchev–Trinajstić information content (AvgIpc) is 2.93. The van der Waals surface area contributed by atoms with Gasteiger partial charge in [-0.05, 0) is 24.9 Å². The van der Waals surface area contributed by atoms with Crippen LogP contribution in [-0.4, -0.2) is 21.8 Å². The van der Waals surface area contributed by atoms with Crippen molar-refractivity contribution in [2.24, 2.45) is 5.92 Å². The number of aromatic nitrogens is 3. The van der Waals surface area contributed by atoms with Crippen molar-refractivity contribution in [3.63, 3.8) is 0 Å². The fourth-order valence-electron chi connectivity index (χ4n) is 2.69. The van der Waals surface area contributed by atoms with E-state index >= 15 is 0 Å². The molecule has 2 heterocycles. The molecule has 1 aromatic carbocycles. The predicted molar refractivity (Wildman–Crippen MR) is 70.1 cm³/mol. The molecule has 2 aromatic rings. The van der Waals surface area contributed by atoms with Crippen molar-refractivity contribution >= 4 is 0 Å². The predicted octanol–water partition coefficient (Wildman–Crippen LogP) is 1.41. The topological polar surface area (TPSA) is 42.7 Å². The van der Waals surface area contributed by atoms with Crippen LogP contribution in [0.5, 0.6) is 0 Å². The van der Waals surface area contributed by atoms with Crippen molar-refractivity contribution in [1.29, 1.82) is 0 Å². The summed E-state index contributed by atoms with van der Waals surface area (Å²) >= 11 is 0. The van der Waals surface area contributed by atoms with E-state index in [0.717, 1.165) is 37.6 Å². The Balaban J connectivity index is 1.69. The molecule has 0 saturated heterocycles. The highest BCUT2D eigenvalue weighted by Crippen LogP contribution is 2.23. The third kappa shape index (κ3) is 2.16. The van der Waals surface area contributed by atoms with E-state index in [0.29, 0.717) is 5.92 Å². The molecule has 0 spiro atoms. The minimum absolute atomic E-state index is 0.661. The second-order valence-corrected chi connectivity index (χ2v) is 4.93. The summed E-state index contributed by atoms with van der Waals surface area (Å²) in [5, 5.41) is 11.6. The van der Waals surface area contributed by atoms with Crippen LogP contribution in [-0.2, 0) is 25.9 Å². The lowest BCUT2D eigenvalue weighted by Crippen LogP contribution is -2.14. The van der Waals surface area contributed by atoms with Crippen LogP contribution in [0, 0.1) is 5.92 Å². The first kappa shape index (κ1) is 11.4. The maximum atomic E-state index is 4.28. The summed E-state index contributed by atoms with van der Waals surface area (Å²) in [7, 11) is 1.94. The minimum atomic E-state index is 0.661. The molecular weight excluding hydrogens is 224 g/mol. The summed E-state index contributed by atoms with van der Waals surface area (Å²) in [6, 6.07) is 10.7. The van der Waals surface area contributed by atoms with Crippen molar-refractivity contribution in [3.05, 3.63) is 47.5 Å². The van der Waals surface area contributed by atoms with Gasteiger partial charge >= 0.3 is 0 Å². The van der Waals surface area contributed by atoms with Gasteiger partial charge in [0.15, 0.2) is 0 Å². The van der Waals surface area contributed by atoms with Gasteiger partial charge in [0, 0.05) is 13.0 Å². The van der Waals surface area contributed by atoms with Gasteiger partial charge in [-0.25, -0.2) is 0 Å². The molecule has 0 fully saturated rings. The van der Waals surface area contributed by atoms with Crippen molar-refractivity contribution in [2.75, 3.05) is 7.05 Å². The van der Waals surface area contributed by atoms with Crippen LogP contribution in [0.25, 0.3) is 0 Å². The Kier molecular flexibility index (Phi) is 3.11. The van der Waals surface area contributed by atoms with Gasteiger partial charge in [0.05, 0.1) is 6.54 Å². The third-order valence-corrected chi connectivity index (χ3v) is 3.52. The maximum absolute atomic E-state index is 4.28. The van der Waals surface area contributed by atoms with Gasteiger partial charge in [-0.15, -0.1) is 10.2 Å². The first-order valence-corrected chi connectivity index (χ1v) is 6.46. The van der Waals surface area contributed by atoms with Crippen LogP contribution in [0.1, 0.15) is 17.2 Å². The van der Waals surface area contributed by atoms with E-state index in [4.69, 9.17) is 0 Å². The lowest BCUT2D eigenvalue weighted by molar-refractivity contribution is 0.493. The Bertz CT molecular complexity index is 518. The number of hydrogen-bond acceptors (Lipinski definition) is 3. The number of nitrogens with one attached hydrogen (secondary N) is 1. The number of rotatable bonds is 4. The SMILES string of the molecule is CNCc1nnc2n1CC(Cc1ccccc1)C2. The van der Waals surface area contributed by atoms with Gasteiger partial charge < -0.3 is 9.88 Å². The molecule has 1 atom stereocenters. The first-order valence-electron chi connectivity index (χ1n) is 6.46. The summed E-state index contributed by atoms with van der Waals surface area (Å²) in [5.74, 6) is 2.86. The zero-order valence-electron chi connectivity index (χ0n) is 10.6. The van der Waals surface area contributed by atoms with Crippen molar-refractivity contribution in [3.8, 4) is 0 Å². The van der Waals surface area contributed by atoms with Crippen LogP contribution < -0.4 is 5.32 Å². The standard InChI is InChI=1S/C14H18N4/c1-15-9-14-17-16-13-8-12(10-18(13)14)7-11-5-3-2-4-6-11/h2-6,12,15H,7-10H2,1H3. The summed E-state index contributed by atoms with van der Waals surface area (Å²) < 4.78 is 2.27. The lowest BCUT2D eigenvalue weighted by Gasteiger charge is -2.09. The Labute approximate surface area is 107 Å². The molecule has 4 nitrogen and oxygen atoms in total. The quantitative estimate of drug-likeness (QED) is 0.881. The largest absolute Gasteiger partial charge is 0.314 e. The molecule has 1 aromatic heterocycles. The molecular formula is C14H18N4. The van der Waals surface area contributed by atoms with Crippen LogP contribution in [0.3, 0.4) is 0 Å². The second kappa shape index (κ2) is 4.90. The van der Waals surface area contributed by atoms with E-state index in [9.17, 15) is 0 Å². The molecule has 0 saturated carbocycles. The van der Waals surface area contributed by atoms with E-state index in [1.165, 1.54) is 5.56 Å². The number of hydrogen-bond donors (Lipinski definition) is 1. The van der Waals surface area contributed by atoms with E-state index < -0.39 is 0 Å². The highest BCUT2D eigenvalue weighted by atomic mass is 15.3. The Morgan fingerprint density at radius 3 is 2.89 bits per heavy atom. The van der Waals surface area contributed by atoms with Crippen LogP contribution in [0.15, 0.2) is 30.3 Å². The number of benzene rings is 1. The zero-order valence-corrected chi connectivity index (χ0v) is 10.6. The highest BCUT2D eigenvalue weighted by molar-refractivity contribution is 5.16. The molecule has 0 bridgehead atoms. The second-order valence-electron chi connectivity index (χ2n) is 4.93. The minimum Gasteiger partial charge on any atom is -0.314 e. The van der Waals surface area contributed by atoms with Crippen LogP contribution >= 0.6 is 0 Å². The zero-order chi connectivity index (χ0) is 12.4. The van der Waals surface area contributed by atoms with Gasteiger partial charge in [-0.2, -0.15) is 0 Å². The molecule has 0 amide bonds. The van der Waals surface area contributed by atoms with E-state index in [2.05, 4.69) is 50.4 Å². The summed E-state index contributed by atoms with van der Waals surface area (Å²) in [5.41, 5.74) is 1.41. The fourth-order valence-corrected chi connectivity index (χ4v) is 2.69. The molecule has 3 rings (SSSR count). The normalized spacial score (nSPS) is 17.9. The summed E-state index contributed by atoms with van der Waals surface area (Å²) in [6.45, 7) is 1.85. The smallest absolute Gasteiger partial charge is 0.147 e. The lowest BCUT2D eigenvalue weighted by atomic mass is 9.98. The molecule has 1 aliphatic heterocycles. The highest BCUT2D eigenvalue weighted by Gasteiger charge is 2.25. The molecule has 18 heavy (non-hydrogen) atoms. The molecule has 0 radical (unpaired) electrons. The fraction of sp³-hybridized carbons (Fsp3) is 0.429. The molecule has 1 unspecified atom stereocenters. The monoisotopic (exact) mass is 242 g/mol. The molecule has 4 heteroatoms. The van der Waals surface area contributed by atoms with E-state index in [-0.39, 0.29) is 0 Å². The number of fused-ring (bicyclic) bond motifs is 1. The Morgan fingerprint density at radius 2 is 2.11 bits per heavy atom. The van der Waals surface area contributed by atoms with Crippen LogP contribution in [0.4, 0.5) is 0 Å². The third-order valence-electron chi connectivity index (χ3n) is 3.52. The summed E-state index contributed by atoms with van der Waals surface area (Å²) in [4.78, 5) is 0. The maximum Gasteiger partial charge on any atom is 0.147 e. The summed E-state index contributed by atoms with van der Waals surface area (Å²) in [6.07, 6.45) is 2.18. The van der Waals surface area contributed by atoms with Crippen molar-refractivity contribution < 1.29 is 0 Å².